The first-order valence-electron chi connectivity index (χ1n) is 10.6. The summed E-state index contributed by atoms with van der Waals surface area (Å²) in [7, 11) is 1.55. The van der Waals surface area contributed by atoms with Gasteiger partial charge < -0.3 is 15.2 Å². The highest BCUT2D eigenvalue weighted by Gasteiger charge is 2.32. The number of amides is 1. The number of methoxy groups -OCH3 is 1. The topological polar surface area (TPSA) is 96.2 Å². The second-order valence-corrected chi connectivity index (χ2v) is 9.37. The van der Waals surface area contributed by atoms with Gasteiger partial charge in [-0.05, 0) is 30.2 Å². The van der Waals surface area contributed by atoms with Crippen molar-refractivity contribution in [3.63, 3.8) is 0 Å². The molecule has 4 rings (SSSR count). The molecule has 1 unspecified atom stereocenters. The summed E-state index contributed by atoms with van der Waals surface area (Å²) in [6, 6.07) is 12.9. The van der Waals surface area contributed by atoms with Gasteiger partial charge in [-0.3, -0.25) is 18.9 Å². The molecule has 3 heterocycles. The number of fused-ring (bicyclic) bond motifs is 1. The summed E-state index contributed by atoms with van der Waals surface area (Å²) in [5, 5.41) is 13.7. The second kappa shape index (κ2) is 10.5. The van der Waals surface area contributed by atoms with Crippen LogP contribution in [0.1, 0.15) is 22.8 Å². The predicted octanol–water partition coefficient (Wildman–Crippen LogP) is 3.00. The number of nitrogens with one attached hydrogen (secondary N) is 1. The quantitative estimate of drug-likeness (QED) is 0.363. The number of aliphatic hydroxyl groups excluding tert-OH is 1. The van der Waals surface area contributed by atoms with Crippen molar-refractivity contribution in [3.8, 4) is 0 Å². The van der Waals surface area contributed by atoms with Crippen LogP contribution in [0, 0.1) is 6.92 Å². The van der Waals surface area contributed by atoms with Gasteiger partial charge in [-0.25, -0.2) is 4.98 Å². The minimum Gasteiger partial charge on any atom is -0.387 e. The van der Waals surface area contributed by atoms with Gasteiger partial charge in [0.1, 0.15) is 15.8 Å². The Kier molecular flexibility index (Phi) is 7.42. The lowest BCUT2D eigenvalue weighted by molar-refractivity contribution is -0.122. The van der Waals surface area contributed by atoms with E-state index < -0.39 is 6.10 Å². The number of nitrogens with zero attached hydrogens (tertiary/aromatic N) is 3. The van der Waals surface area contributed by atoms with Crippen molar-refractivity contribution in [1.82, 2.24) is 14.3 Å². The van der Waals surface area contributed by atoms with E-state index in [0.29, 0.717) is 28.0 Å². The number of aliphatic hydroxyl groups is 1. The van der Waals surface area contributed by atoms with Gasteiger partial charge in [0.15, 0.2) is 0 Å². The first-order valence-corrected chi connectivity index (χ1v) is 11.9. The molecule has 2 N–H and O–H groups in total. The van der Waals surface area contributed by atoms with Crippen molar-refractivity contribution < 1.29 is 14.6 Å². The van der Waals surface area contributed by atoms with Gasteiger partial charge in [-0.2, -0.15) is 0 Å². The molecule has 8 nitrogen and oxygen atoms in total. The number of aryl methyl sites for hydroxylation is 1. The van der Waals surface area contributed by atoms with Gasteiger partial charge in [-0.15, -0.1) is 0 Å². The van der Waals surface area contributed by atoms with Crippen LogP contribution in [0.3, 0.4) is 0 Å². The zero-order chi connectivity index (χ0) is 24.2. The number of rotatable bonds is 8. The molecule has 10 heteroatoms. The number of anilines is 1. The van der Waals surface area contributed by atoms with Gasteiger partial charge in [0.05, 0.1) is 29.7 Å². The van der Waals surface area contributed by atoms with Crippen molar-refractivity contribution in [2.45, 2.75) is 13.0 Å². The lowest BCUT2D eigenvalue weighted by Crippen LogP contribution is -2.31. The third-order valence-electron chi connectivity index (χ3n) is 5.40. The van der Waals surface area contributed by atoms with Crippen molar-refractivity contribution >= 4 is 51.7 Å². The molecule has 1 saturated heterocycles. The van der Waals surface area contributed by atoms with E-state index in [1.165, 1.54) is 15.4 Å². The molecular weight excluding hydrogens is 472 g/mol. The first-order chi connectivity index (χ1) is 16.4. The average Bonchev–Trinajstić information content (AvgIpc) is 3.11. The summed E-state index contributed by atoms with van der Waals surface area (Å²) in [5.41, 5.74) is 1.95. The maximum Gasteiger partial charge on any atom is 0.267 e. The molecule has 1 aliphatic heterocycles. The summed E-state index contributed by atoms with van der Waals surface area (Å²) in [6.45, 7) is 2.68. The first kappa shape index (κ1) is 24.1. The molecule has 3 aromatic rings. The number of ether oxygens (including phenoxy) is 1. The Morgan fingerprint density at radius 3 is 2.74 bits per heavy atom. The minimum absolute atomic E-state index is 0.133. The molecule has 1 amide bonds. The Bertz CT molecular complexity index is 1320. The van der Waals surface area contributed by atoms with Gasteiger partial charge in [0.2, 0.25) is 0 Å². The van der Waals surface area contributed by atoms with Crippen LogP contribution >= 0.6 is 24.0 Å². The van der Waals surface area contributed by atoms with Crippen LogP contribution in [-0.2, 0) is 9.53 Å². The highest BCUT2D eigenvalue weighted by atomic mass is 32.2. The van der Waals surface area contributed by atoms with E-state index in [0.717, 1.165) is 22.9 Å². The van der Waals surface area contributed by atoms with E-state index in [-0.39, 0.29) is 29.4 Å². The lowest BCUT2D eigenvalue weighted by atomic mass is 10.1. The Labute approximate surface area is 206 Å². The summed E-state index contributed by atoms with van der Waals surface area (Å²) >= 11 is 6.48. The molecule has 1 atom stereocenters. The van der Waals surface area contributed by atoms with Crippen molar-refractivity contribution in [3.05, 3.63) is 80.6 Å². The molecule has 34 heavy (non-hydrogen) atoms. The Morgan fingerprint density at radius 1 is 1.24 bits per heavy atom. The van der Waals surface area contributed by atoms with Crippen molar-refractivity contribution in [2.75, 3.05) is 32.1 Å². The van der Waals surface area contributed by atoms with Crippen LogP contribution in [0.4, 0.5) is 5.82 Å². The van der Waals surface area contributed by atoms with Crippen molar-refractivity contribution in [1.29, 1.82) is 0 Å². The van der Waals surface area contributed by atoms with E-state index in [4.69, 9.17) is 17.0 Å². The number of hydrogen-bond donors (Lipinski definition) is 2. The zero-order valence-electron chi connectivity index (χ0n) is 18.7. The molecule has 0 radical (unpaired) electrons. The third kappa shape index (κ3) is 4.90. The fourth-order valence-electron chi connectivity index (χ4n) is 3.57. The minimum atomic E-state index is -0.807. The third-order valence-corrected chi connectivity index (χ3v) is 6.78. The second-order valence-electron chi connectivity index (χ2n) is 7.70. The van der Waals surface area contributed by atoms with Crippen LogP contribution in [0.5, 0.6) is 0 Å². The molecule has 1 fully saturated rings. The molecular formula is C24H24N4O4S2. The normalized spacial score (nSPS) is 16.0. The molecule has 0 saturated carbocycles. The molecule has 2 aromatic heterocycles. The SMILES string of the molecule is COCCN1C(=O)/C(=C/c2c(NCC(O)c3ccccc3)nc3c(C)cccn3c2=O)SC1=S. The van der Waals surface area contributed by atoms with Crippen LogP contribution in [-0.4, -0.2) is 56.4 Å². The van der Waals surface area contributed by atoms with Gasteiger partial charge in [-0.1, -0.05) is 60.4 Å². The summed E-state index contributed by atoms with van der Waals surface area (Å²) in [5.74, 6) is 0.00694. The number of thiocarbonyl (C=S) groups is 1. The van der Waals surface area contributed by atoms with Crippen LogP contribution in [0.2, 0.25) is 0 Å². The van der Waals surface area contributed by atoms with Crippen LogP contribution in [0.15, 0.2) is 58.4 Å². The van der Waals surface area contributed by atoms with E-state index >= 15 is 0 Å². The number of carbonyl (C=O) groups excluding carboxylic acids is 1. The van der Waals surface area contributed by atoms with Crippen LogP contribution in [0.25, 0.3) is 11.7 Å². The molecule has 1 aliphatic rings. The zero-order valence-corrected chi connectivity index (χ0v) is 20.4. The lowest BCUT2D eigenvalue weighted by Gasteiger charge is -2.15. The highest BCUT2D eigenvalue weighted by Crippen LogP contribution is 2.33. The fourth-order valence-corrected chi connectivity index (χ4v) is 4.86. The average molecular weight is 497 g/mol. The number of hydrogen-bond acceptors (Lipinski definition) is 8. The number of thioether (sulfide) groups is 1. The predicted molar refractivity (Wildman–Crippen MR) is 138 cm³/mol. The molecule has 0 spiro atoms. The number of aromatic nitrogens is 2. The van der Waals surface area contributed by atoms with Gasteiger partial charge in [0.25, 0.3) is 11.5 Å². The van der Waals surface area contributed by atoms with Crippen LogP contribution < -0.4 is 10.9 Å². The highest BCUT2D eigenvalue weighted by molar-refractivity contribution is 8.26. The maximum absolute atomic E-state index is 13.4. The number of carbonyl (C=O) groups is 1. The standard InChI is InChI=1S/C24H24N4O4S2/c1-15-7-6-10-27-21(15)26-20(25-14-18(29)16-8-4-3-5-9-16)17(22(27)30)13-19-23(31)28(11-12-32-2)24(33)34-19/h3-10,13,18,25,29H,11-12,14H2,1-2H3/b19-13-. The molecule has 1 aromatic carbocycles. The summed E-state index contributed by atoms with van der Waals surface area (Å²) < 4.78 is 6.92. The fraction of sp³-hybridized carbons (Fsp3) is 0.250. The molecule has 0 aliphatic carbocycles. The monoisotopic (exact) mass is 496 g/mol. The summed E-state index contributed by atoms with van der Waals surface area (Å²) in [6.07, 6.45) is 2.35. The van der Waals surface area contributed by atoms with Gasteiger partial charge >= 0.3 is 0 Å². The number of pyridine rings is 1. The van der Waals surface area contributed by atoms with E-state index in [9.17, 15) is 14.7 Å². The molecule has 0 bridgehead atoms. The van der Waals surface area contributed by atoms with E-state index in [1.54, 1.807) is 19.4 Å². The Morgan fingerprint density at radius 2 is 2.00 bits per heavy atom. The summed E-state index contributed by atoms with van der Waals surface area (Å²) in [4.78, 5) is 32.8. The molecule has 176 valence electrons. The Hall–Kier alpha value is -3.05. The Balaban J connectivity index is 1.74. The van der Waals surface area contributed by atoms with Gasteiger partial charge in [0, 0.05) is 19.9 Å². The van der Waals surface area contributed by atoms with E-state index in [1.807, 2.05) is 43.3 Å². The maximum atomic E-state index is 13.4. The van der Waals surface area contributed by atoms with E-state index in [2.05, 4.69) is 10.3 Å². The smallest absolute Gasteiger partial charge is 0.267 e. The largest absolute Gasteiger partial charge is 0.387 e. The number of benzene rings is 1. The van der Waals surface area contributed by atoms with Crippen molar-refractivity contribution in [2.24, 2.45) is 0 Å².